The van der Waals surface area contributed by atoms with Gasteiger partial charge in [-0.2, -0.15) is 0 Å². The predicted molar refractivity (Wildman–Crippen MR) is 129 cm³/mol. The molecule has 29 heavy (non-hydrogen) atoms. The van der Waals surface area contributed by atoms with Gasteiger partial charge < -0.3 is 0 Å². The number of hydrogen-bond acceptors (Lipinski definition) is 1. The minimum atomic E-state index is 0.723. The SMILES string of the molecule is CCCCCCCc1ccc(C2CCC(CCCCCC[C@@H](C)CC)CC2)nc1. The molecule has 0 unspecified atom stereocenters. The molecule has 0 spiro atoms. The van der Waals surface area contributed by atoms with Gasteiger partial charge in [-0.15, -0.1) is 0 Å². The van der Waals surface area contributed by atoms with E-state index >= 15 is 0 Å². The zero-order chi connectivity index (χ0) is 20.7. The molecule has 0 radical (unpaired) electrons. The van der Waals surface area contributed by atoms with Crippen LogP contribution in [0.3, 0.4) is 0 Å². The van der Waals surface area contributed by atoms with Crippen molar-refractivity contribution in [2.75, 3.05) is 0 Å². The third-order valence-electron chi connectivity index (χ3n) is 7.44. The quantitative estimate of drug-likeness (QED) is 0.268. The Balaban J connectivity index is 1.56. The largest absolute Gasteiger partial charge is 0.261 e. The molecule has 1 heterocycles. The van der Waals surface area contributed by atoms with Crippen LogP contribution in [-0.2, 0) is 6.42 Å². The summed E-state index contributed by atoms with van der Waals surface area (Å²) >= 11 is 0. The lowest BCUT2D eigenvalue weighted by Crippen LogP contribution is -2.14. The van der Waals surface area contributed by atoms with Gasteiger partial charge in [-0.3, -0.25) is 4.98 Å². The van der Waals surface area contributed by atoms with E-state index in [1.54, 1.807) is 0 Å². The number of pyridine rings is 1. The predicted octanol–water partition coefficient (Wildman–Crippen LogP) is 9.25. The highest BCUT2D eigenvalue weighted by molar-refractivity contribution is 5.17. The summed E-state index contributed by atoms with van der Waals surface area (Å²) in [6, 6.07) is 4.69. The van der Waals surface area contributed by atoms with Crippen molar-refractivity contribution in [2.45, 2.75) is 136 Å². The summed E-state index contributed by atoms with van der Waals surface area (Å²) < 4.78 is 0. The topological polar surface area (TPSA) is 12.9 Å². The van der Waals surface area contributed by atoms with Crippen LogP contribution in [-0.4, -0.2) is 4.98 Å². The van der Waals surface area contributed by atoms with E-state index in [9.17, 15) is 0 Å². The second kappa shape index (κ2) is 15.0. The maximum atomic E-state index is 4.86. The number of hydrogen-bond donors (Lipinski definition) is 0. The van der Waals surface area contributed by atoms with Crippen LogP contribution in [0.2, 0.25) is 0 Å². The molecule has 166 valence electrons. The van der Waals surface area contributed by atoms with Crippen LogP contribution >= 0.6 is 0 Å². The van der Waals surface area contributed by atoms with Gasteiger partial charge >= 0.3 is 0 Å². The number of aromatic nitrogens is 1. The van der Waals surface area contributed by atoms with Crippen molar-refractivity contribution in [1.29, 1.82) is 0 Å². The molecule has 0 N–H and O–H groups in total. The van der Waals surface area contributed by atoms with E-state index in [1.807, 2.05) is 0 Å². The fourth-order valence-electron chi connectivity index (χ4n) is 4.99. The summed E-state index contributed by atoms with van der Waals surface area (Å²) in [4.78, 5) is 4.86. The van der Waals surface area contributed by atoms with Crippen LogP contribution in [0.25, 0.3) is 0 Å². The zero-order valence-electron chi connectivity index (χ0n) is 19.9. The Morgan fingerprint density at radius 2 is 1.59 bits per heavy atom. The van der Waals surface area contributed by atoms with Crippen molar-refractivity contribution in [3.05, 3.63) is 29.6 Å². The van der Waals surface area contributed by atoms with Gasteiger partial charge in [0.2, 0.25) is 0 Å². The van der Waals surface area contributed by atoms with E-state index in [0.717, 1.165) is 17.8 Å². The van der Waals surface area contributed by atoms with Gasteiger partial charge in [0.05, 0.1) is 0 Å². The molecule has 0 saturated heterocycles. The summed E-state index contributed by atoms with van der Waals surface area (Å²) in [5, 5.41) is 0. The smallest absolute Gasteiger partial charge is 0.0434 e. The van der Waals surface area contributed by atoms with Crippen LogP contribution in [0, 0.1) is 11.8 Å². The Bertz CT molecular complexity index is 498. The van der Waals surface area contributed by atoms with E-state index in [1.165, 1.54) is 120 Å². The van der Waals surface area contributed by atoms with Gasteiger partial charge in [0.25, 0.3) is 0 Å². The van der Waals surface area contributed by atoms with E-state index in [2.05, 4.69) is 39.1 Å². The van der Waals surface area contributed by atoms with Gasteiger partial charge in [0, 0.05) is 17.8 Å². The number of aryl methyl sites for hydroxylation is 1. The first-order chi connectivity index (χ1) is 14.2. The minimum absolute atomic E-state index is 0.723. The average molecular weight is 400 g/mol. The molecule has 1 aliphatic rings. The Labute approximate surface area is 182 Å². The summed E-state index contributed by atoms with van der Waals surface area (Å²) in [6.45, 7) is 7.00. The summed E-state index contributed by atoms with van der Waals surface area (Å²) in [7, 11) is 0. The second-order valence-electron chi connectivity index (χ2n) is 9.98. The van der Waals surface area contributed by atoms with Gasteiger partial charge in [0.15, 0.2) is 0 Å². The molecule has 1 aliphatic carbocycles. The average Bonchev–Trinajstić information content (AvgIpc) is 2.76. The third-order valence-corrected chi connectivity index (χ3v) is 7.44. The molecule has 0 aromatic carbocycles. The van der Waals surface area contributed by atoms with Crippen LogP contribution in [0.1, 0.15) is 141 Å². The molecule has 1 aromatic rings. The first-order valence-electron chi connectivity index (χ1n) is 13.2. The van der Waals surface area contributed by atoms with Crippen LogP contribution in [0.4, 0.5) is 0 Å². The maximum absolute atomic E-state index is 4.86. The maximum Gasteiger partial charge on any atom is 0.0434 e. The highest BCUT2D eigenvalue weighted by Crippen LogP contribution is 2.37. The first kappa shape index (κ1) is 24.4. The second-order valence-corrected chi connectivity index (χ2v) is 9.98. The summed E-state index contributed by atoms with van der Waals surface area (Å²) in [6.07, 6.45) is 25.8. The van der Waals surface area contributed by atoms with Gasteiger partial charge in [-0.1, -0.05) is 97.5 Å². The summed E-state index contributed by atoms with van der Waals surface area (Å²) in [5.41, 5.74) is 2.80. The molecular formula is C28H49N. The molecule has 0 amide bonds. The van der Waals surface area contributed by atoms with Gasteiger partial charge in [-0.25, -0.2) is 0 Å². The minimum Gasteiger partial charge on any atom is -0.261 e. The number of rotatable bonds is 15. The van der Waals surface area contributed by atoms with E-state index < -0.39 is 0 Å². The zero-order valence-corrected chi connectivity index (χ0v) is 19.9. The molecule has 0 bridgehead atoms. The van der Waals surface area contributed by atoms with E-state index in [4.69, 9.17) is 4.98 Å². The Morgan fingerprint density at radius 1 is 0.862 bits per heavy atom. The molecule has 1 fully saturated rings. The highest BCUT2D eigenvalue weighted by atomic mass is 14.7. The number of unbranched alkanes of at least 4 members (excludes halogenated alkanes) is 7. The van der Waals surface area contributed by atoms with Crippen LogP contribution < -0.4 is 0 Å². The molecule has 1 aromatic heterocycles. The molecule has 1 atom stereocenters. The van der Waals surface area contributed by atoms with Crippen molar-refractivity contribution < 1.29 is 0 Å². The molecule has 1 saturated carbocycles. The van der Waals surface area contributed by atoms with Crippen molar-refractivity contribution in [1.82, 2.24) is 4.98 Å². The van der Waals surface area contributed by atoms with Gasteiger partial charge in [0.1, 0.15) is 0 Å². The van der Waals surface area contributed by atoms with E-state index in [0.29, 0.717) is 0 Å². The lowest BCUT2D eigenvalue weighted by Gasteiger charge is -2.28. The Hall–Kier alpha value is -0.850. The molecule has 2 rings (SSSR count). The Morgan fingerprint density at radius 3 is 2.28 bits per heavy atom. The van der Waals surface area contributed by atoms with Crippen LogP contribution in [0.5, 0.6) is 0 Å². The molecular weight excluding hydrogens is 350 g/mol. The van der Waals surface area contributed by atoms with E-state index in [-0.39, 0.29) is 0 Å². The van der Waals surface area contributed by atoms with Crippen LogP contribution in [0.15, 0.2) is 18.3 Å². The monoisotopic (exact) mass is 399 g/mol. The standard InChI is InChI=1S/C28H49N/c1-4-6-7-8-13-16-26-19-22-28(29-23-26)27-20-17-25(18-21-27)15-12-10-9-11-14-24(3)5-2/h19,22-25,27H,4-18,20-21H2,1-3H3/t24-,25?,27?/m0/s1. The third kappa shape index (κ3) is 10.1. The van der Waals surface area contributed by atoms with Crippen molar-refractivity contribution >= 4 is 0 Å². The first-order valence-corrected chi connectivity index (χ1v) is 13.2. The van der Waals surface area contributed by atoms with Crippen molar-refractivity contribution in [3.8, 4) is 0 Å². The van der Waals surface area contributed by atoms with Gasteiger partial charge in [-0.05, 0) is 62.0 Å². The summed E-state index contributed by atoms with van der Waals surface area (Å²) in [5.74, 6) is 2.64. The molecule has 1 nitrogen and oxygen atoms in total. The lowest BCUT2D eigenvalue weighted by atomic mass is 9.78. The lowest BCUT2D eigenvalue weighted by molar-refractivity contribution is 0.298. The fraction of sp³-hybridized carbons (Fsp3) is 0.821. The molecule has 1 heteroatoms. The highest BCUT2D eigenvalue weighted by Gasteiger charge is 2.22. The van der Waals surface area contributed by atoms with Crippen molar-refractivity contribution in [2.24, 2.45) is 11.8 Å². The Kier molecular flexibility index (Phi) is 12.7. The fourth-order valence-corrected chi connectivity index (χ4v) is 4.99. The number of nitrogens with zero attached hydrogens (tertiary/aromatic N) is 1. The van der Waals surface area contributed by atoms with Crippen molar-refractivity contribution in [3.63, 3.8) is 0 Å². The molecule has 0 aliphatic heterocycles. The normalized spacial score (nSPS) is 20.7.